The molecular formula is C13H19N3O3. The smallest absolute Gasteiger partial charge is 0.295 e. The minimum Gasteiger partial charge on any atom is -0.393 e. The highest BCUT2D eigenvalue weighted by atomic mass is 16.3. The number of aliphatic hydroxyl groups is 1. The van der Waals surface area contributed by atoms with Gasteiger partial charge in [-0.15, -0.1) is 0 Å². The molecule has 1 aromatic rings. The minimum atomic E-state index is -0.500. The highest BCUT2D eigenvalue weighted by Gasteiger charge is 2.30. The minimum absolute atomic E-state index is 0.360. The zero-order valence-corrected chi connectivity index (χ0v) is 11.5. The number of ketones is 1. The molecule has 6 heteroatoms. The summed E-state index contributed by atoms with van der Waals surface area (Å²) in [4.78, 5) is 26.0. The molecule has 104 valence electrons. The number of nitrogens with zero attached hydrogens (tertiary/aromatic N) is 3. The van der Waals surface area contributed by atoms with Gasteiger partial charge in [0.25, 0.3) is 11.7 Å². The van der Waals surface area contributed by atoms with Crippen LogP contribution in [0.1, 0.15) is 34.6 Å². The fraction of sp³-hybridized carbons (Fsp3) is 0.615. The van der Waals surface area contributed by atoms with E-state index in [9.17, 15) is 14.7 Å². The maximum atomic E-state index is 12.3. The number of carbonyl (C=O) groups excluding carboxylic acids is 2. The van der Waals surface area contributed by atoms with E-state index in [0.717, 1.165) is 0 Å². The molecule has 19 heavy (non-hydrogen) atoms. The molecule has 2 heterocycles. The van der Waals surface area contributed by atoms with Crippen LogP contribution in [-0.2, 0) is 11.8 Å². The fourth-order valence-electron chi connectivity index (χ4n) is 2.42. The summed E-state index contributed by atoms with van der Waals surface area (Å²) in [5.41, 5.74) is 1.68. The van der Waals surface area contributed by atoms with E-state index in [4.69, 9.17) is 0 Å². The maximum absolute atomic E-state index is 12.3. The van der Waals surface area contributed by atoms with Gasteiger partial charge in [-0.1, -0.05) is 0 Å². The third-order valence-electron chi connectivity index (χ3n) is 3.68. The SMILES string of the molecule is Cc1nn(C)c(C)c1C(=O)C(=O)N1CCC(O)CC1. The van der Waals surface area contributed by atoms with E-state index in [2.05, 4.69) is 5.10 Å². The normalized spacial score (nSPS) is 16.7. The number of rotatable bonds is 2. The number of aryl methyl sites for hydroxylation is 2. The molecular weight excluding hydrogens is 246 g/mol. The van der Waals surface area contributed by atoms with Crippen molar-refractivity contribution in [2.45, 2.75) is 32.8 Å². The molecule has 6 nitrogen and oxygen atoms in total. The quantitative estimate of drug-likeness (QED) is 0.612. The van der Waals surface area contributed by atoms with Crippen molar-refractivity contribution in [3.05, 3.63) is 17.0 Å². The second kappa shape index (κ2) is 5.13. The second-order valence-electron chi connectivity index (χ2n) is 5.02. The Morgan fingerprint density at radius 3 is 2.32 bits per heavy atom. The number of carbonyl (C=O) groups is 2. The number of aromatic nitrogens is 2. The Bertz CT molecular complexity index is 513. The van der Waals surface area contributed by atoms with Gasteiger partial charge < -0.3 is 10.0 Å². The van der Waals surface area contributed by atoms with Crippen LogP contribution in [0.5, 0.6) is 0 Å². The number of likely N-dealkylation sites (tertiary alicyclic amines) is 1. The number of piperidine rings is 1. The largest absolute Gasteiger partial charge is 0.393 e. The van der Waals surface area contributed by atoms with Crippen molar-refractivity contribution in [2.75, 3.05) is 13.1 Å². The summed E-state index contributed by atoms with van der Waals surface area (Å²) in [6.45, 7) is 4.38. The van der Waals surface area contributed by atoms with Crippen molar-refractivity contribution >= 4 is 11.7 Å². The predicted octanol–water partition coefficient (Wildman–Crippen LogP) is 0.203. The number of amides is 1. The van der Waals surface area contributed by atoms with Crippen LogP contribution in [-0.4, -0.2) is 50.7 Å². The molecule has 0 saturated carbocycles. The molecule has 1 fully saturated rings. The van der Waals surface area contributed by atoms with E-state index in [1.54, 1.807) is 25.6 Å². The average Bonchev–Trinajstić information content (AvgIpc) is 2.62. The lowest BCUT2D eigenvalue weighted by Crippen LogP contribution is -2.43. The van der Waals surface area contributed by atoms with Crippen LogP contribution in [0.2, 0.25) is 0 Å². The second-order valence-corrected chi connectivity index (χ2v) is 5.02. The Balaban J connectivity index is 2.17. The first-order valence-electron chi connectivity index (χ1n) is 6.43. The van der Waals surface area contributed by atoms with Crippen molar-refractivity contribution in [1.29, 1.82) is 0 Å². The van der Waals surface area contributed by atoms with E-state index in [1.165, 1.54) is 4.90 Å². The molecule has 1 amide bonds. The van der Waals surface area contributed by atoms with Gasteiger partial charge in [0.15, 0.2) is 0 Å². The van der Waals surface area contributed by atoms with Crippen molar-refractivity contribution in [3.63, 3.8) is 0 Å². The first-order chi connectivity index (χ1) is 8.91. The van der Waals surface area contributed by atoms with Crippen molar-refractivity contribution < 1.29 is 14.7 Å². The number of Topliss-reactive ketones (excluding diaryl/α,β-unsaturated/α-hetero) is 1. The number of aliphatic hydroxyl groups excluding tert-OH is 1. The molecule has 1 saturated heterocycles. The Hall–Kier alpha value is -1.69. The Labute approximate surface area is 112 Å². The molecule has 1 aromatic heterocycles. The number of hydrogen-bond donors (Lipinski definition) is 1. The van der Waals surface area contributed by atoms with Gasteiger partial charge in [-0.05, 0) is 26.7 Å². The average molecular weight is 265 g/mol. The Morgan fingerprint density at radius 1 is 1.26 bits per heavy atom. The van der Waals surface area contributed by atoms with Crippen LogP contribution in [0.3, 0.4) is 0 Å². The molecule has 0 radical (unpaired) electrons. The van der Waals surface area contributed by atoms with Crippen molar-refractivity contribution in [2.24, 2.45) is 7.05 Å². The lowest BCUT2D eigenvalue weighted by atomic mass is 10.0. The summed E-state index contributed by atoms with van der Waals surface area (Å²) in [5.74, 6) is -0.995. The molecule has 0 aliphatic carbocycles. The lowest BCUT2D eigenvalue weighted by Gasteiger charge is -2.28. The van der Waals surface area contributed by atoms with E-state index in [1.807, 2.05) is 0 Å². The molecule has 0 aromatic carbocycles. The topological polar surface area (TPSA) is 75.4 Å². The molecule has 0 atom stereocenters. The van der Waals surface area contributed by atoms with Crippen molar-refractivity contribution in [3.8, 4) is 0 Å². The van der Waals surface area contributed by atoms with E-state index in [0.29, 0.717) is 42.9 Å². The van der Waals surface area contributed by atoms with Gasteiger partial charge in [-0.25, -0.2) is 0 Å². The van der Waals surface area contributed by atoms with Crippen LogP contribution in [0, 0.1) is 13.8 Å². The third-order valence-corrected chi connectivity index (χ3v) is 3.68. The maximum Gasteiger partial charge on any atom is 0.295 e. The highest BCUT2D eigenvalue weighted by molar-refractivity contribution is 6.43. The molecule has 1 aliphatic heterocycles. The zero-order valence-electron chi connectivity index (χ0n) is 11.5. The molecule has 2 rings (SSSR count). The van der Waals surface area contributed by atoms with Gasteiger partial charge in [0.1, 0.15) is 0 Å². The van der Waals surface area contributed by atoms with Gasteiger partial charge in [0, 0.05) is 25.8 Å². The van der Waals surface area contributed by atoms with Crippen LogP contribution in [0.15, 0.2) is 0 Å². The summed E-state index contributed by atoms with van der Waals surface area (Å²) in [7, 11) is 1.75. The fourth-order valence-corrected chi connectivity index (χ4v) is 2.42. The standard InChI is InChI=1S/C13H19N3O3/c1-8-11(9(2)15(3)14-8)12(18)13(19)16-6-4-10(17)5-7-16/h10,17H,4-7H2,1-3H3. The van der Waals surface area contributed by atoms with Crippen LogP contribution >= 0.6 is 0 Å². The van der Waals surface area contributed by atoms with E-state index >= 15 is 0 Å². The molecule has 0 bridgehead atoms. The van der Waals surface area contributed by atoms with Gasteiger partial charge in [0.05, 0.1) is 17.4 Å². The Morgan fingerprint density at radius 2 is 1.84 bits per heavy atom. The van der Waals surface area contributed by atoms with Crippen LogP contribution in [0.25, 0.3) is 0 Å². The molecule has 0 unspecified atom stereocenters. The first-order valence-corrected chi connectivity index (χ1v) is 6.43. The van der Waals surface area contributed by atoms with Crippen molar-refractivity contribution in [1.82, 2.24) is 14.7 Å². The number of hydrogen-bond acceptors (Lipinski definition) is 4. The third kappa shape index (κ3) is 2.53. The van der Waals surface area contributed by atoms with Crippen LogP contribution in [0.4, 0.5) is 0 Å². The van der Waals surface area contributed by atoms with Gasteiger partial charge in [-0.2, -0.15) is 5.10 Å². The molecule has 0 spiro atoms. The zero-order chi connectivity index (χ0) is 14.2. The molecule has 1 N–H and O–H groups in total. The summed E-state index contributed by atoms with van der Waals surface area (Å²) >= 11 is 0. The molecule has 1 aliphatic rings. The summed E-state index contributed by atoms with van der Waals surface area (Å²) < 4.78 is 1.61. The lowest BCUT2D eigenvalue weighted by molar-refractivity contribution is -0.128. The summed E-state index contributed by atoms with van der Waals surface area (Å²) in [5, 5.41) is 13.6. The van der Waals surface area contributed by atoms with E-state index < -0.39 is 11.7 Å². The van der Waals surface area contributed by atoms with Gasteiger partial charge in [-0.3, -0.25) is 14.3 Å². The predicted molar refractivity (Wildman–Crippen MR) is 68.8 cm³/mol. The van der Waals surface area contributed by atoms with Gasteiger partial charge in [0.2, 0.25) is 0 Å². The first kappa shape index (κ1) is 13.7. The monoisotopic (exact) mass is 265 g/mol. The Kier molecular flexibility index (Phi) is 3.71. The highest BCUT2D eigenvalue weighted by Crippen LogP contribution is 2.16. The summed E-state index contributed by atoms with van der Waals surface area (Å²) in [6.07, 6.45) is 0.703. The van der Waals surface area contributed by atoms with E-state index in [-0.39, 0.29) is 6.10 Å². The van der Waals surface area contributed by atoms with Crippen LogP contribution < -0.4 is 0 Å². The summed E-state index contributed by atoms with van der Waals surface area (Å²) in [6, 6.07) is 0. The van der Waals surface area contributed by atoms with Gasteiger partial charge >= 0.3 is 0 Å².